The van der Waals surface area contributed by atoms with Crippen LogP contribution in [-0.2, 0) is 9.59 Å². The van der Waals surface area contributed by atoms with E-state index >= 15 is 0 Å². The minimum Gasteiger partial charge on any atom is -0.347 e. The molecule has 8 heteroatoms. The van der Waals surface area contributed by atoms with E-state index in [2.05, 4.69) is 0 Å². The normalized spacial score (nSPS) is 10.9. The van der Waals surface area contributed by atoms with Gasteiger partial charge in [0.25, 0.3) is 0 Å². The molecular formula is C6H10F3N3O2. The van der Waals surface area contributed by atoms with Crippen LogP contribution in [0.3, 0.4) is 0 Å². The zero-order valence-electron chi connectivity index (χ0n) is 7.15. The summed E-state index contributed by atoms with van der Waals surface area (Å²) >= 11 is 0. The molecule has 0 aromatic rings. The van der Waals surface area contributed by atoms with Crippen molar-refractivity contribution in [1.82, 2.24) is 10.6 Å². The molecule has 0 aliphatic carbocycles. The van der Waals surface area contributed by atoms with Gasteiger partial charge in [-0.1, -0.05) is 0 Å². The minimum absolute atomic E-state index is 0.0400. The zero-order chi connectivity index (χ0) is 11.2. The van der Waals surface area contributed by atoms with Crippen LogP contribution in [0.1, 0.15) is 0 Å². The maximum absolute atomic E-state index is 11.6. The third kappa shape index (κ3) is 6.23. The highest BCUT2D eigenvalue weighted by Crippen LogP contribution is 2.11. The molecule has 0 radical (unpaired) electrons. The number of alkyl halides is 3. The highest BCUT2D eigenvalue weighted by Gasteiger charge is 2.28. The lowest BCUT2D eigenvalue weighted by atomic mass is 10.5. The standard InChI is InChI=1S/C6H10F3N3O2/c7-6(8,9)3-12-5(14)4(13)11-2-1-10/h1-3,10H2,(H,11,13)(H,12,14). The topological polar surface area (TPSA) is 84.2 Å². The Hall–Kier alpha value is -1.31. The summed E-state index contributed by atoms with van der Waals surface area (Å²) in [5, 5.41) is 3.44. The van der Waals surface area contributed by atoms with Gasteiger partial charge in [0, 0.05) is 13.1 Å². The van der Waals surface area contributed by atoms with Gasteiger partial charge in [0.15, 0.2) is 0 Å². The summed E-state index contributed by atoms with van der Waals surface area (Å²) in [6, 6.07) is 0. The highest BCUT2D eigenvalue weighted by atomic mass is 19.4. The van der Waals surface area contributed by atoms with Gasteiger partial charge in [-0.15, -0.1) is 0 Å². The van der Waals surface area contributed by atoms with Gasteiger partial charge >= 0.3 is 18.0 Å². The maximum Gasteiger partial charge on any atom is 0.405 e. The molecule has 0 atom stereocenters. The SMILES string of the molecule is NCCNC(=O)C(=O)NCC(F)(F)F. The van der Waals surface area contributed by atoms with Crippen LogP contribution in [0.5, 0.6) is 0 Å². The smallest absolute Gasteiger partial charge is 0.347 e. The van der Waals surface area contributed by atoms with Gasteiger partial charge in [-0.05, 0) is 0 Å². The van der Waals surface area contributed by atoms with Crippen molar-refractivity contribution in [3.8, 4) is 0 Å². The number of carbonyl (C=O) groups excluding carboxylic acids is 2. The van der Waals surface area contributed by atoms with Crippen molar-refractivity contribution in [3.63, 3.8) is 0 Å². The minimum atomic E-state index is -4.52. The molecule has 0 bridgehead atoms. The van der Waals surface area contributed by atoms with Crippen molar-refractivity contribution in [2.75, 3.05) is 19.6 Å². The average Bonchev–Trinajstić information content (AvgIpc) is 2.09. The Balaban J connectivity index is 3.79. The summed E-state index contributed by atoms with van der Waals surface area (Å²) in [6.45, 7) is -1.38. The van der Waals surface area contributed by atoms with E-state index in [-0.39, 0.29) is 13.1 Å². The fourth-order valence-corrected chi connectivity index (χ4v) is 0.527. The van der Waals surface area contributed by atoms with Crippen LogP contribution in [0.2, 0.25) is 0 Å². The molecule has 0 aliphatic rings. The van der Waals surface area contributed by atoms with Gasteiger partial charge in [0.1, 0.15) is 6.54 Å². The summed E-state index contributed by atoms with van der Waals surface area (Å²) in [7, 11) is 0. The molecular weight excluding hydrogens is 203 g/mol. The first-order valence-electron chi connectivity index (χ1n) is 3.69. The Labute approximate surface area is 77.8 Å². The van der Waals surface area contributed by atoms with E-state index in [0.717, 1.165) is 0 Å². The molecule has 0 heterocycles. The van der Waals surface area contributed by atoms with E-state index in [4.69, 9.17) is 5.73 Å². The monoisotopic (exact) mass is 213 g/mol. The Bertz CT molecular complexity index is 217. The van der Waals surface area contributed by atoms with E-state index in [9.17, 15) is 22.8 Å². The number of amides is 2. The van der Waals surface area contributed by atoms with Gasteiger partial charge in [-0.25, -0.2) is 0 Å². The van der Waals surface area contributed by atoms with Crippen LogP contribution in [-0.4, -0.2) is 37.6 Å². The largest absolute Gasteiger partial charge is 0.405 e. The molecule has 4 N–H and O–H groups in total. The number of halogens is 3. The number of nitrogens with two attached hydrogens (primary N) is 1. The van der Waals surface area contributed by atoms with Crippen LogP contribution in [0.4, 0.5) is 13.2 Å². The van der Waals surface area contributed by atoms with Crippen molar-refractivity contribution >= 4 is 11.8 Å². The number of hydrogen-bond donors (Lipinski definition) is 3. The van der Waals surface area contributed by atoms with Crippen LogP contribution in [0.25, 0.3) is 0 Å². The average molecular weight is 213 g/mol. The van der Waals surface area contributed by atoms with Gasteiger partial charge in [-0.3, -0.25) is 9.59 Å². The van der Waals surface area contributed by atoms with Crippen LogP contribution < -0.4 is 16.4 Å². The summed E-state index contributed by atoms with van der Waals surface area (Å²) in [6.07, 6.45) is -4.52. The van der Waals surface area contributed by atoms with Crippen LogP contribution in [0.15, 0.2) is 0 Å². The number of hydrogen-bond acceptors (Lipinski definition) is 3. The summed E-state index contributed by atoms with van der Waals surface area (Å²) in [4.78, 5) is 21.3. The predicted molar refractivity (Wildman–Crippen MR) is 41.1 cm³/mol. The fraction of sp³-hybridized carbons (Fsp3) is 0.667. The molecule has 0 aromatic carbocycles. The molecule has 5 nitrogen and oxygen atoms in total. The van der Waals surface area contributed by atoms with Crippen molar-refractivity contribution < 1.29 is 22.8 Å². The Morgan fingerprint density at radius 1 is 1.14 bits per heavy atom. The predicted octanol–water partition coefficient (Wildman–Crippen LogP) is -1.26. The second-order valence-corrected chi connectivity index (χ2v) is 2.34. The maximum atomic E-state index is 11.6. The Kier molecular flexibility index (Phi) is 4.92. The molecule has 0 unspecified atom stereocenters. The molecule has 0 aromatic heterocycles. The van der Waals surface area contributed by atoms with E-state index in [0.29, 0.717) is 0 Å². The molecule has 0 aliphatic heterocycles. The lowest BCUT2D eigenvalue weighted by Crippen LogP contribution is -2.44. The molecule has 0 saturated heterocycles. The first kappa shape index (κ1) is 12.7. The quantitative estimate of drug-likeness (QED) is 0.511. The van der Waals surface area contributed by atoms with Gasteiger partial charge in [0.05, 0.1) is 0 Å². The summed E-state index contributed by atoms with van der Waals surface area (Å²) in [5.74, 6) is -2.45. The van der Waals surface area contributed by atoms with E-state index < -0.39 is 24.5 Å². The third-order valence-electron chi connectivity index (χ3n) is 1.09. The Morgan fingerprint density at radius 3 is 2.07 bits per heavy atom. The first-order valence-corrected chi connectivity index (χ1v) is 3.69. The number of carbonyl (C=O) groups is 2. The van der Waals surface area contributed by atoms with Crippen LogP contribution in [0, 0.1) is 0 Å². The lowest BCUT2D eigenvalue weighted by Gasteiger charge is -2.07. The van der Waals surface area contributed by atoms with E-state index in [1.807, 2.05) is 5.32 Å². The van der Waals surface area contributed by atoms with Crippen molar-refractivity contribution in [3.05, 3.63) is 0 Å². The van der Waals surface area contributed by atoms with Gasteiger partial charge in [-0.2, -0.15) is 13.2 Å². The second-order valence-electron chi connectivity index (χ2n) is 2.34. The first-order chi connectivity index (χ1) is 6.37. The van der Waals surface area contributed by atoms with Crippen molar-refractivity contribution in [2.45, 2.75) is 6.18 Å². The zero-order valence-corrected chi connectivity index (χ0v) is 7.15. The van der Waals surface area contributed by atoms with Crippen molar-refractivity contribution in [1.29, 1.82) is 0 Å². The number of nitrogens with one attached hydrogen (secondary N) is 2. The summed E-state index contributed by atoms with van der Waals surface area (Å²) < 4.78 is 34.7. The number of rotatable bonds is 3. The molecule has 0 saturated carbocycles. The van der Waals surface area contributed by atoms with Gasteiger partial charge in [0.2, 0.25) is 0 Å². The second kappa shape index (κ2) is 5.43. The van der Waals surface area contributed by atoms with Crippen molar-refractivity contribution in [2.24, 2.45) is 5.73 Å². The molecule has 0 spiro atoms. The summed E-state index contributed by atoms with van der Waals surface area (Å²) in [5.41, 5.74) is 4.99. The molecule has 14 heavy (non-hydrogen) atoms. The molecule has 0 rings (SSSR count). The van der Waals surface area contributed by atoms with E-state index in [1.165, 1.54) is 5.32 Å². The third-order valence-corrected chi connectivity index (χ3v) is 1.09. The molecule has 0 fully saturated rings. The molecule has 82 valence electrons. The van der Waals surface area contributed by atoms with E-state index in [1.54, 1.807) is 0 Å². The van der Waals surface area contributed by atoms with Gasteiger partial charge < -0.3 is 16.4 Å². The fourth-order valence-electron chi connectivity index (χ4n) is 0.527. The highest BCUT2D eigenvalue weighted by molar-refractivity contribution is 6.35. The molecule has 2 amide bonds. The Morgan fingerprint density at radius 2 is 1.64 bits per heavy atom. The lowest BCUT2D eigenvalue weighted by molar-refractivity contribution is -0.146. The van der Waals surface area contributed by atoms with Crippen LogP contribution >= 0.6 is 0 Å².